The summed E-state index contributed by atoms with van der Waals surface area (Å²) in [4.78, 5) is 28.0. The number of carbonyl (C=O) groups is 2. The van der Waals surface area contributed by atoms with Crippen LogP contribution in [0.25, 0.3) is 0 Å². The van der Waals surface area contributed by atoms with E-state index in [0.29, 0.717) is 31.7 Å². The van der Waals surface area contributed by atoms with E-state index in [2.05, 4.69) is 15.5 Å². The molecule has 2 aromatic heterocycles. The van der Waals surface area contributed by atoms with Crippen LogP contribution in [-0.4, -0.2) is 68.0 Å². The Kier molecular flexibility index (Phi) is 4.12. The van der Waals surface area contributed by atoms with Crippen molar-refractivity contribution in [3.63, 3.8) is 0 Å². The highest BCUT2D eigenvalue weighted by Gasteiger charge is 2.23. The normalized spacial score (nSPS) is 15.6. The van der Waals surface area contributed by atoms with Gasteiger partial charge in [-0.1, -0.05) is 0 Å². The molecule has 1 aliphatic heterocycles. The van der Waals surface area contributed by atoms with E-state index >= 15 is 0 Å². The summed E-state index contributed by atoms with van der Waals surface area (Å²) in [6, 6.07) is 1.65. The fourth-order valence-corrected chi connectivity index (χ4v) is 2.43. The molecule has 22 heavy (non-hydrogen) atoms. The van der Waals surface area contributed by atoms with Gasteiger partial charge in [0.1, 0.15) is 19.1 Å². The fourth-order valence-electron chi connectivity index (χ4n) is 2.43. The molecule has 0 N–H and O–H groups in total. The van der Waals surface area contributed by atoms with Crippen LogP contribution >= 0.6 is 0 Å². The van der Waals surface area contributed by atoms with E-state index in [1.165, 1.54) is 23.5 Å². The molecule has 1 saturated heterocycles. The van der Waals surface area contributed by atoms with E-state index in [1.54, 1.807) is 15.9 Å². The summed E-state index contributed by atoms with van der Waals surface area (Å²) in [6.07, 6.45) is 5.07. The third-order valence-electron chi connectivity index (χ3n) is 3.59. The van der Waals surface area contributed by atoms with Crippen molar-refractivity contribution in [1.29, 1.82) is 0 Å². The zero-order valence-corrected chi connectivity index (χ0v) is 12.0. The van der Waals surface area contributed by atoms with Crippen molar-refractivity contribution in [1.82, 2.24) is 30.0 Å². The highest BCUT2D eigenvalue weighted by molar-refractivity contribution is 5.93. The Hall–Kier alpha value is -2.71. The molecular formula is C13H16N6O3. The third-order valence-corrected chi connectivity index (χ3v) is 3.59. The van der Waals surface area contributed by atoms with Crippen LogP contribution in [0.2, 0.25) is 0 Å². The van der Waals surface area contributed by atoms with Crippen molar-refractivity contribution < 1.29 is 14.0 Å². The van der Waals surface area contributed by atoms with Crippen molar-refractivity contribution in [3.05, 3.63) is 30.5 Å². The first-order valence-electron chi connectivity index (χ1n) is 7.04. The molecule has 0 aromatic carbocycles. The van der Waals surface area contributed by atoms with Crippen LogP contribution < -0.4 is 0 Å². The lowest BCUT2D eigenvalue weighted by atomic mass is 10.3. The number of nitrogens with zero attached hydrogens (tertiary/aromatic N) is 6. The number of hydrogen-bond donors (Lipinski definition) is 0. The Bertz CT molecular complexity index is 624. The van der Waals surface area contributed by atoms with Gasteiger partial charge in [-0.05, 0) is 22.9 Å². The number of amides is 2. The second-order valence-corrected chi connectivity index (χ2v) is 5.05. The average molecular weight is 304 g/mol. The maximum absolute atomic E-state index is 12.3. The van der Waals surface area contributed by atoms with Gasteiger partial charge in [0.05, 0.1) is 11.8 Å². The molecule has 3 rings (SSSR count). The largest absolute Gasteiger partial charge is 0.472 e. The van der Waals surface area contributed by atoms with E-state index in [4.69, 9.17) is 4.42 Å². The molecular weight excluding hydrogens is 288 g/mol. The minimum absolute atomic E-state index is 0.0510. The molecule has 0 saturated carbocycles. The van der Waals surface area contributed by atoms with Gasteiger partial charge >= 0.3 is 0 Å². The van der Waals surface area contributed by atoms with Crippen molar-refractivity contribution in [2.24, 2.45) is 0 Å². The van der Waals surface area contributed by atoms with Crippen LogP contribution in [-0.2, 0) is 11.3 Å². The summed E-state index contributed by atoms with van der Waals surface area (Å²) in [5.74, 6) is -0.117. The van der Waals surface area contributed by atoms with E-state index in [9.17, 15) is 9.59 Å². The van der Waals surface area contributed by atoms with Gasteiger partial charge in [-0.15, -0.1) is 5.10 Å². The van der Waals surface area contributed by atoms with Gasteiger partial charge in [0, 0.05) is 26.2 Å². The molecule has 2 aromatic rings. The minimum atomic E-state index is -0.0662. The molecule has 1 aliphatic rings. The highest BCUT2D eigenvalue weighted by Crippen LogP contribution is 2.10. The number of furan rings is 1. The summed E-state index contributed by atoms with van der Waals surface area (Å²) in [5, 5.41) is 10.7. The number of rotatable bonds is 3. The summed E-state index contributed by atoms with van der Waals surface area (Å²) in [6.45, 7) is 2.37. The van der Waals surface area contributed by atoms with Crippen molar-refractivity contribution in [2.75, 3.05) is 26.2 Å². The maximum Gasteiger partial charge on any atom is 0.257 e. The van der Waals surface area contributed by atoms with Crippen molar-refractivity contribution in [2.45, 2.75) is 13.0 Å². The first-order chi connectivity index (χ1) is 10.7. The van der Waals surface area contributed by atoms with E-state index in [1.807, 2.05) is 0 Å². The van der Waals surface area contributed by atoms with Gasteiger partial charge in [0.15, 0.2) is 0 Å². The zero-order chi connectivity index (χ0) is 15.4. The van der Waals surface area contributed by atoms with E-state index < -0.39 is 0 Å². The minimum Gasteiger partial charge on any atom is -0.472 e. The first kappa shape index (κ1) is 14.2. The lowest BCUT2D eigenvalue weighted by Gasteiger charge is -2.21. The Morgan fingerprint density at radius 1 is 1.18 bits per heavy atom. The van der Waals surface area contributed by atoms with E-state index in [0.717, 1.165) is 6.42 Å². The molecule has 2 amide bonds. The molecule has 0 bridgehead atoms. The second kappa shape index (κ2) is 6.37. The molecule has 0 unspecified atom stereocenters. The molecule has 116 valence electrons. The summed E-state index contributed by atoms with van der Waals surface area (Å²) in [7, 11) is 0. The third kappa shape index (κ3) is 3.13. The average Bonchev–Trinajstić information content (AvgIpc) is 3.16. The molecule has 9 nitrogen and oxygen atoms in total. The molecule has 9 heteroatoms. The highest BCUT2D eigenvalue weighted by atomic mass is 16.3. The molecule has 0 spiro atoms. The SMILES string of the molecule is O=C(Cn1cnnn1)N1CCCN(C(=O)c2ccoc2)CC1. The number of hydrogen-bond acceptors (Lipinski definition) is 6. The summed E-state index contributed by atoms with van der Waals surface area (Å²) >= 11 is 0. The van der Waals surface area contributed by atoms with Crippen LogP contribution in [0.3, 0.4) is 0 Å². The smallest absolute Gasteiger partial charge is 0.257 e. The quantitative estimate of drug-likeness (QED) is 0.768. The van der Waals surface area contributed by atoms with Gasteiger partial charge in [0.2, 0.25) is 5.91 Å². The topological polar surface area (TPSA) is 97.4 Å². The first-order valence-corrected chi connectivity index (χ1v) is 7.04. The molecule has 0 aliphatic carbocycles. The van der Waals surface area contributed by atoms with Crippen LogP contribution in [0.4, 0.5) is 0 Å². The monoisotopic (exact) mass is 304 g/mol. The predicted octanol–water partition coefficient (Wildman–Crippen LogP) is -0.359. The Balaban J connectivity index is 1.57. The number of carbonyl (C=O) groups excluding carboxylic acids is 2. The lowest BCUT2D eigenvalue weighted by molar-refractivity contribution is -0.131. The van der Waals surface area contributed by atoms with Gasteiger partial charge in [-0.25, -0.2) is 4.68 Å². The lowest BCUT2D eigenvalue weighted by Crippen LogP contribution is -2.38. The number of tetrazole rings is 1. The Morgan fingerprint density at radius 2 is 2.00 bits per heavy atom. The van der Waals surface area contributed by atoms with Crippen molar-refractivity contribution in [3.8, 4) is 0 Å². The maximum atomic E-state index is 12.3. The molecule has 1 fully saturated rings. The standard InChI is InChI=1S/C13H16N6O3/c20-12(8-19-10-14-15-16-19)17-3-1-4-18(6-5-17)13(21)11-2-7-22-9-11/h2,7,9-10H,1,3-6,8H2. The molecule has 0 atom stereocenters. The van der Waals surface area contributed by atoms with Crippen molar-refractivity contribution >= 4 is 11.8 Å². The van der Waals surface area contributed by atoms with Crippen LogP contribution in [0, 0.1) is 0 Å². The van der Waals surface area contributed by atoms with E-state index in [-0.39, 0.29) is 18.4 Å². The van der Waals surface area contributed by atoms with Gasteiger partial charge < -0.3 is 14.2 Å². The Labute approximate surface area is 126 Å². The van der Waals surface area contributed by atoms with Crippen LogP contribution in [0.15, 0.2) is 29.3 Å². The van der Waals surface area contributed by atoms with Gasteiger partial charge in [0.25, 0.3) is 5.91 Å². The zero-order valence-electron chi connectivity index (χ0n) is 12.0. The summed E-state index contributed by atoms with van der Waals surface area (Å²) in [5.41, 5.74) is 0.536. The van der Waals surface area contributed by atoms with Gasteiger partial charge in [-0.3, -0.25) is 9.59 Å². The van der Waals surface area contributed by atoms with Crippen LogP contribution in [0.5, 0.6) is 0 Å². The fraction of sp³-hybridized carbons (Fsp3) is 0.462. The number of aromatic nitrogens is 4. The molecule has 3 heterocycles. The van der Waals surface area contributed by atoms with Crippen LogP contribution in [0.1, 0.15) is 16.8 Å². The Morgan fingerprint density at radius 3 is 2.73 bits per heavy atom. The van der Waals surface area contributed by atoms with Gasteiger partial charge in [-0.2, -0.15) is 0 Å². The summed E-state index contributed by atoms with van der Waals surface area (Å²) < 4.78 is 6.33. The second-order valence-electron chi connectivity index (χ2n) is 5.05. The molecule has 0 radical (unpaired) electrons. The predicted molar refractivity (Wildman–Crippen MR) is 73.6 cm³/mol.